The molecule has 0 saturated carbocycles. The fourth-order valence-corrected chi connectivity index (χ4v) is 2.17. The van der Waals surface area contributed by atoms with E-state index in [2.05, 4.69) is 5.32 Å². The van der Waals surface area contributed by atoms with Gasteiger partial charge < -0.3 is 10.4 Å². The van der Waals surface area contributed by atoms with Gasteiger partial charge in [0.2, 0.25) is 5.91 Å². The van der Waals surface area contributed by atoms with Crippen molar-refractivity contribution in [2.45, 2.75) is 12.5 Å². The lowest BCUT2D eigenvalue weighted by molar-refractivity contribution is -0.384. The van der Waals surface area contributed by atoms with Gasteiger partial charge in [0.25, 0.3) is 5.69 Å². The van der Waals surface area contributed by atoms with Crippen LogP contribution in [0.25, 0.3) is 0 Å². The Kier molecular flexibility index (Phi) is 5.54. The molecule has 0 heterocycles. The lowest BCUT2D eigenvalue weighted by Gasteiger charge is -2.14. The van der Waals surface area contributed by atoms with E-state index in [9.17, 15) is 28.8 Å². The first-order chi connectivity index (χ1) is 11.4. The van der Waals surface area contributed by atoms with Gasteiger partial charge in [-0.15, -0.1) is 0 Å². The second-order valence-corrected chi connectivity index (χ2v) is 5.06. The summed E-state index contributed by atoms with van der Waals surface area (Å²) < 4.78 is 27.0. The number of benzene rings is 2. The van der Waals surface area contributed by atoms with Gasteiger partial charge in [0.1, 0.15) is 17.7 Å². The molecule has 1 unspecified atom stereocenters. The third kappa shape index (κ3) is 4.32. The normalized spacial score (nSPS) is 11.8. The van der Waals surface area contributed by atoms with Crippen LogP contribution in [0.15, 0.2) is 42.5 Å². The molecule has 0 aliphatic rings. The Morgan fingerprint density at radius 2 is 1.83 bits per heavy atom. The average Bonchev–Trinajstić information content (AvgIpc) is 2.53. The van der Waals surface area contributed by atoms with Crippen molar-refractivity contribution in [3.63, 3.8) is 0 Å². The number of hydrogen-bond donors (Lipinski definition) is 2. The first-order valence-electron chi connectivity index (χ1n) is 7.00. The number of non-ortho nitro benzene ring substituents is 1. The molecule has 126 valence electrons. The molecule has 0 bridgehead atoms. The fourth-order valence-electron chi connectivity index (χ4n) is 2.17. The predicted molar refractivity (Wildman–Crippen MR) is 81.1 cm³/mol. The van der Waals surface area contributed by atoms with E-state index < -0.39 is 34.1 Å². The maximum atomic E-state index is 13.5. The summed E-state index contributed by atoms with van der Waals surface area (Å²) in [6, 6.07) is 8.73. The monoisotopic (exact) mass is 336 g/mol. The van der Waals surface area contributed by atoms with Gasteiger partial charge in [-0.1, -0.05) is 18.2 Å². The van der Waals surface area contributed by atoms with Crippen LogP contribution < -0.4 is 5.32 Å². The number of nitro groups is 1. The molecule has 8 heteroatoms. The summed E-state index contributed by atoms with van der Waals surface area (Å²) in [6.07, 6.45) is -1.70. The number of carbonyl (C=O) groups is 1. The highest BCUT2D eigenvalue weighted by molar-refractivity contribution is 5.78. The van der Waals surface area contributed by atoms with Crippen molar-refractivity contribution < 1.29 is 23.6 Å². The molecule has 24 heavy (non-hydrogen) atoms. The molecule has 0 aliphatic carbocycles. The van der Waals surface area contributed by atoms with E-state index in [1.807, 2.05) is 0 Å². The Balaban J connectivity index is 1.96. The maximum absolute atomic E-state index is 13.5. The van der Waals surface area contributed by atoms with Crippen LogP contribution in [0.5, 0.6) is 0 Å². The summed E-state index contributed by atoms with van der Waals surface area (Å²) >= 11 is 0. The van der Waals surface area contributed by atoms with Crippen LogP contribution in [0.4, 0.5) is 14.5 Å². The molecule has 0 radical (unpaired) electrons. The van der Waals surface area contributed by atoms with Gasteiger partial charge in [-0.2, -0.15) is 0 Å². The van der Waals surface area contributed by atoms with Crippen molar-refractivity contribution in [2.24, 2.45) is 0 Å². The Morgan fingerprint density at radius 1 is 1.21 bits per heavy atom. The van der Waals surface area contributed by atoms with E-state index in [0.29, 0.717) is 5.56 Å². The summed E-state index contributed by atoms with van der Waals surface area (Å²) in [5, 5.41) is 22.8. The number of nitro benzene ring substituents is 1. The molecule has 0 saturated heterocycles. The van der Waals surface area contributed by atoms with Crippen molar-refractivity contribution in [1.29, 1.82) is 0 Å². The maximum Gasteiger partial charge on any atom is 0.269 e. The quantitative estimate of drug-likeness (QED) is 0.625. The lowest BCUT2D eigenvalue weighted by Crippen LogP contribution is -2.30. The number of nitrogens with zero attached hydrogens (tertiary/aromatic N) is 1. The zero-order valence-corrected chi connectivity index (χ0v) is 12.4. The molecule has 1 amide bonds. The van der Waals surface area contributed by atoms with Crippen LogP contribution in [0, 0.1) is 21.7 Å². The number of rotatable bonds is 6. The van der Waals surface area contributed by atoms with Gasteiger partial charge >= 0.3 is 0 Å². The minimum absolute atomic E-state index is 0.145. The highest BCUT2D eigenvalue weighted by Gasteiger charge is 2.18. The molecule has 2 rings (SSSR count). The molecule has 0 spiro atoms. The number of aliphatic hydroxyl groups is 1. The Hall–Kier alpha value is -2.87. The zero-order chi connectivity index (χ0) is 17.7. The number of amides is 1. The van der Waals surface area contributed by atoms with Crippen molar-refractivity contribution in [1.82, 2.24) is 5.32 Å². The van der Waals surface area contributed by atoms with E-state index >= 15 is 0 Å². The lowest BCUT2D eigenvalue weighted by atomic mass is 10.1. The Morgan fingerprint density at radius 3 is 2.46 bits per heavy atom. The van der Waals surface area contributed by atoms with Crippen molar-refractivity contribution in [3.05, 3.63) is 75.3 Å². The molecular formula is C16H14F2N2O4. The van der Waals surface area contributed by atoms with Gasteiger partial charge in [0, 0.05) is 18.7 Å². The van der Waals surface area contributed by atoms with Crippen LogP contribution >= 0.6 is 0 Å². The molecule has 0 aliphatic heterocycles. The smallest absolute Gasteiger partial charge is 0.269 e. The molecule has 6 nitrogen and oxygen atoms in total. The van der Waals surface area contributed by atoms with Gasteiger partial charge in [-0.05, 0) is 17.7 Å². The SMILES string of the molecule is O=C(Cc1cccc([N+](=O)[O-])c1)NCC(O)c1c(F)cccc1F. The minimum Gasteiger partial charge on any atom is -0.386 e. The summed E-state index contributed by atoms with van der Waals surface area (Å²) in [6.45, 7) is -0.383. The minimum atomic E-state index is -1.54. The fraction of sp³-hybridized carbons (Fsp3) is 0.188. The van der Waals surface area contributed by atoms with Crippen molar-refractivity contribution >= 4 is 11.6 Å². The molecule has 2 aromatic rings. The van der Waals surface area contributed by atoms with Gasteiger partial charge in [0.05, 0.1) is 16.9 Å². The summed E-state index contributed by atoms with van der Waals surface area (Å²) in [4.78, 5) is 21.9. The number of aliphatic hydroxyl groups excluding tert-OH is 1. The molecule has 2 N–H and O–H groups in total. The van der Waals surface area contributed by atoms with Gasteiger partial charge in [-0.3, -0.25) is 14.9 Å². The van der Waals surface area contributed by atoms with Crippen LogP contribution in [0.3, 0.4) is 0 Å². The second kappa shape index (κ2) is 7.60. The first-order valence-corrected chi connectivity index (χ1v) is 7.00. The zero-order valence-electron chi connectivity index (χ0n) is 12.4. The van der Waals surface area contributed by atoms with E-state index in [-0.39, 0.29) is 18.7 Å². The summed E-state index contributed by atoms with van der Waals surface area (Å²) in [7, 11) is 0. The number of carbonyl (C=O) groups excluding carboxylic acids is 1. The van der Waals surface area contributed by atoms with E-state index in [4.69, 9.17) is 0 Å². The van der Waals surface area contributed by atoms with E-state index in [1.165, 1.54) is 24.3 Å². The first kappa shape index (κ1) is 17.5. The standard InChI is InChI=1S/C16H14F2N2O4/c17-12-5-2-6-13(18)16(12)14(21)9-19-15(22)8-10-3-1-4-11(7-10)20(23)24/h1-7,14,21H,8-9H2,(H,19,22). The average molecular weight is 336 g/mol. The summed E-state index contributed by atoms with van der Waals surface area (Å²) in [5.41, 5.74) is -0.254. The summed E-state index contributed by atoms with van der Waals surface area (Å²) in [5.74, 6) is -2.35. The molecule has 0 fully saturated rings. The molecular weight excluding hydrogens is 322 g/mol. The van der Waals surface area contributed by atoms with Crippen LogP contribution in [-0.4, -0.2) is 22.5 Å². The molecule has 0 aromatic heterocycles. The van der Waals surface area contributed by atoms with Crippen molar-refractivity contribution in [2.75, 3.05) is 6.54 Å². The largest absolute Gasteiger partial charge is 0.386 e. The third-order valence-electron chi connectivity index (χ3n) is 3.31. The van der Waals surface area contributed by atoms with Crippen LogP contribution in [0.1, 0.15) is 17.2 Å². The van der Waals surface area contributed by atoms with Crippen LogP contribution in [0.2, 0.25) is 0 Å². The predicted octanol–water partition coefficient (Wildman–Crippen LogP) is 2.27. The Labute approximate surface area is 135 Å². The van der Waals surface area contributed by atoms with E-state index in [1.54, 1.807) is 6.07 Å². The second-order valence-electron chi connectivity index (χ2n) is 5.06. The van der Waals surface area contributed by atoms with Gasteiger partial charge in [-0.25, -0.2) is 8.78 Å². The number of nitrogens with one attached hydrogen (secondary N) is 1. The number of hydrogen-bond acceptors (Lipinski definition) is 4. The van der Waals surface area contributed by atoms with Crippen LogP contribution in [-0.2, 0) is 11.2 Å². The Bertz CT molecular complexity index is 747. The van der Waals surface area contributed by atoms with E-state index in [0.717, 1.165) is 12.1 Å². The van der Waals surface area contributed by atoms with Gasteiger partial charge in [0.15, 0.2) is 0 Å². The van der Waals surface area contributed by atoms with Crippen molar-refractivity contribution in [3.8, 4) is 0 Å². The molecule has 1 atom stereocenters. The number of halogens is 2. The highest BCUT2D eigenvalue weighted by Crippen LogP contribution is 2.20. The third-order valence-corrected chi connectivity index (χ3v) is 3.31. The molecule has 2 aromatic carbocycles. The highest BCUT2D eigenvalue weighted by atomic mass is 19.1. The topological polar surface area (TPSA) is 92.5 Å².